The summed E-state index contributed by atoms with van der Waals surface area (Å²) >= 11 is 0. The molecule has 0 bridgehead atoms. The summed E-state index contributed by atoms with van der Waals surface area (Å²) in [5.41, 5.74) is 4.30. The molecule has 0 atom stereocenters. The quantitative estimate of drug-likeness (QED) is 0.560. The van der Waals surface area contributed by atoms with Crippen LogP contribution < -0.4 is 9.47 Å². The molecular weight excluding hydrogens is 388 g/mol. The van der Waals surface area contributed by atoms with Crippen LogP contribution in [0.3, 0.4) is 0 Å². The van der Waals surface area contributed by atoms with Crippen LogP contribution in [0.15, 0.2) is 66.9 Å². The lowest BCUT2D eigenvalue weighted by molar-refractivity contribution is -0.132. The number of nitrogens with zero attached hydrogens (tertiary/aromatic N) is 2. The third-order valence-electron chi connectivity index (χ3n) is 5.49. The number of aromatic nitrogens is 1. The van der Waals surface area contributed by atoms with E-state index in [1.807, 2.05) is 53.4 Å². The van der Waals surface area contributed by atoms with Gasteiger partial charge in [0.1, 0.15) is 0 Å². The van der Waals surface area contributed by atoms with Crippen molar-refractivity contribution in [3.63, 3.8) is 0 Å². The Morgan fingerprint density at radius 1 is 0.968 bits per heavy atom. The van der Waals surface area contributed by atoms with Crippen LogP contribution in [0, 0.1) is 6.92 Å². The first-order valence-corrected chi connectivity index (χ1v) is 10.8. The van der Waals surface area contributed by atoms with Crippen molar-refractivity contribution in [1.82, 2.24) is 9.88 Å². The molecule has 0 saturated heterocycles. The molecule has 5 heteroatoms. The molecule has 0 radical (unpaired) electrons. The van der Waals surface area contributed by atoms with Gasteiger partial charge in [-0.05, 0) is 54.3 Å². The maximum absolute atomic E-state index is 13.2. The molecule has 0 unspecified atom stereocenters. The van der Waals surface area contributed by atoms with Crippen LogP contribution >= 0.6 is 0 Å². The van der Waals surface area contributed by atoms with Crippen LogP contribution in [0.4, 0.5) is 0 Å². The highest BCUT2D eigenvalue weighted by Crippen LogP contribution is 2.30. The highest BCUT2D eigenvalue weighted by molar-refractivity contribution is 5.76. The normalized spacial score (nSPS) is 12.8. The average molecular weight is 417 g/mol. The van der Waals surface area contributed by atoms with Crippen LogP contribution in [-0.2, 0) is 24.3 Å². The molecule has 3 aromatic rings. The van der Waals surface area contributed by atoms with Gasteiger partial charge in [0, 0.05) is 25.6 Å². The van der Waals surface area contributed by atoms with E-state index in [-0.39, 0.29) is 5.91 Å². The summed E-state index contributed by atoms with van der Waals surface area (Å²) in [7, 11) is 0. The minimum Gasteiger partial charge on any atom is -0.490 e. The van der Waals surface area contributed by atoms with Gasteiger partial charge in [0.15, 0.2) is 11.5 Å². The van der Waals surface area contributed by atoms with Crippen molar-refractivity contribution >= 4 is 5.91 Å². The van der Waals surface area contributed by atoms with Crippen molar-refractivity contribution < 1.29 is 14.3 Å². The first-order valence-electron chi connectivity index (χ1n) is 10.8. The van der Waals surface area contributed by atoms with Crippen LogP contribution in [0.5, 0.6) is 11.5 Å². The summed E-state index contributed by atoms with van der Waals surface area (Å²) < 4.78 is 11.5. The first kappa shape index (κ1) is 20.9. The number of amides is 1. The second-order valence-corrected chi connectivity index (χ2v) is 7.83. The number of benzene rings is 2. The summed E-state index contributed by atoms with van der Waals surface area (Å²) in [5, 5.41) is 0. The summed E-state index contributed by atoms with van der Waals surface area (Å²) in [6.07, 6.45) is 3.73. The van der Waals surface area contributed by atoms with Crippen molar-refractivity contribution in [3.8, 4) is 11.5 Å². The van der Waals surface area contributed by atoms with E-state index in [0.717, 1.165) is 34.7 Å². The van der Waals surface area contributed by atoms with Crippen molar-refractivity contribution in [2.24, 2.45) is 0 Å². The number of hydrogen-bond acceptors (Lipinski definition) is 4. The van der Waals surface area contributed by atoms with Gasteiger partial charge >= 0.3 is 0 Å². The number of fused-ring (bicyclic) bond motifs is 1. The van der Waals surface area contributed by atoms with E-state index in [9.17, 15) is 4.79 Å². The Kier molecular flexibility index (Phi) is 6.82. The first-order chi connectivity index (χ1) is 15.2. The van der Waals surface area contributed by atoms with Gasteiger partial charge in [-0.2, -0.15) is 0 Å². The smallest absolute Gasteiger partial charge is 0.223 e. The summed E-state index contributed by atoms with van der Waals surface area (Å²) in [6, 6.07) is 20.0. The summed E-state index contributed by atoms with van der Waals surface area (Å²) in [6.45, 7) is 4.48. The Morgan fingerprint density at radius 3 is 2.58 bits per heavy atom. The molecule has 0 N–H and O–H groups in total. The number of aryl methyl sites for hydroxylation is 2. The lowest BCUT2D eigenvalue weighted by Crippen LogP contribution is -2.31. The lowest BCUT2D eigenvalue weighted by atomic mass is 10.1. The molecule has 31 heavy (non-hydrogen) atoms. The summed E-state index contributed by atoms with van der Waals surface area (Å²) in [5.74, 6) is 1.66. The predicted octanol–water partition coefficient (Wildman–Crippen LogP) is 4.71. The van der Waals surface area contributed by atoms with Gasteiger partial charge in [-0.15, -0.1) is 0 Å². The van der Waals surface area contributed by atoms with E-state index in [2.05, 4.69) is 24.0 Å². The van der Waals surface area contributed by atoms with Gasteiger partial charge in [-0.3, -0.25) is 9.78 Å². The summed E-state index contributed by atoms with van der Waals surface area (Å²) in [4.78, 5) is 19.5. The van der Waals surface area contributed by atoms with Gasteiger partial charge in [0.2, 0.25) is 5.91 Å². The predicted molar refractivity (Wildman–Crippen MR) is 120 cm³/mol. The zero-order valence-corrected chi connectivity index (χ0v) is 17.9. The number of rotatable bonds is 7. The second-order valence-electron chi connectivity index (χ2n) is 7.83. The van der Waals surface area contributed by atoms with Gasteiger partial charge in [-0.1, -0.05) is 36.4 Å². The Balaban J connectivity index is 1.46. The molecule has 0 spiro atoms. The van der Waals surface area contributed by atoms with Crippen molar-refractivity contribution in [2.75, 3.05) is 13.2 Å². The minimum absolute atomic E-state index is 0.112. The second kappa shape index (κ2) is 10.1. The number of carbonyl (C=O) groups is 1. The molecule has 5 nitrogen and oxygen atoms in total. The van der Waals surface area contributed by atoms with E-state index < -0.39 is 0 Å². The Labute approximate surface area is 183 Å². The fraction of sp³-hybridized carbons (Fsp3) is 0.308. The maximum atomic E-state index is 13.2. The maximum Gasteiger partial charge on any atom is 0.223 e. The Bertz CT molecular complexity index is 1020. The molecule has 2 aromatic carbocycles. The lowest BCUT2D eigenvalue weighted by Gasteiger charge is -2.23. The molecule has 0 fully saturated rings. The zero-order valence-electron chi connectivity index (χ0n) is 17.9. The molecule has 1 aliphatic heterocycles. The molecule has 0 saturated carbocycles. The van der Waals surface area contributed by atoms with E-state index >= 15 is 0 Å². The number of hydrogen-bond donors (Lipinski definition) is 0. The average Bonchev–Trinajstić information content (AvgIpc) is 3.04. The molecular formula is C26H28N2O3. The Morgan fingerprint density at radius 2 is 1.77 bits per heavy atom. The molecule has 1 aliphatic rings. The molecule has 1 aromatic heterocycles. The Hall–Kier alpha value is -3.34. The van der Waals surface area contributed by atoms with E-state index in [4.69, 9.17) is 9.47 Å². The third kappa shape index (κ3) is 5.63. The SMILES string of the molecule is Cc1ccccc1CN(Cc1ccccn1)C(=O)CCc1ccc2c(c1)OCCCO2. The van der Waals surface area contributed by atoms with E-state index in [0.29, 0.717) is 39.1 Å². The highest BCUT2D eigenvalue weighted by atomic mass is 16.5. The number of pyridine rings is 1. The molecule has 2 heterocycles. The largest absolute Gasteiger partial charge is 0.490 e. The topological polar surface area (TPSA) is 51.7 Å². The monoisotopic (exact) mass is 416 g/mol. The van der Waals surface area contributed by atoms with Crippen LogP contribution in [0.2, 0.25) is 0 Å². The van der Waals surface area contributed by atoms with E-state index in [1.54, 1.807) is 6.20 Å². The van der Waals surface area contributed by atoms with Gasteiger partial charge in [0.05, 0.1) is 25.5 Å². The standard InChI is InChI=1S/C26H28N2O3/c1-20-7-2-3-8-22(20)18-28(19-23-9-4-5-14-27-23)26(29)13-11-21-10-12-24-25(17-21)31-16-6-15-30-24/h2-5,7-10,12,14,17H,6,11,13,15-16,18-19H2,1H3. The van der Waals surface area contributed by atoms with Crippen LogP contribution in [0.1, 0.15) is 35.2 Å². The van der Waals surface area contributed by atoms with Crippen LogP contribution in [-0.4, -0.2) is 29.0 Å². The molecule has 1 amide bonds. The van der Waals surface area contributed by atoms with Gasteiger partial charge in [0.25, 0.3) is 0 Å². The molecule has 0 aliphatic carbocycles. The third-order valence-corrected chi connectivity index (χ3v) is 5.49. The molecule has 160 valence electrons. The van der Waals surface area contributed by atoms with Gasteiger partial charge in [-0.25, -0.2) is 0 Å². The van der Waals surface area contributed by atoms with Crippen LogP contribution in [0.25, 0.3) is 0 Å². The fourth-order valence-corrected chi connectivity index (χ4v) is 3.69. The fourth-order valence-electron chi connectivity index (χ4n) is 3.69. The zero-order chi connectivity index (χ0) is 21.5. The van der Waals surface area contributed by atoms with Crippen molar-refractivity contribution in [2.45, 2.75) is 39.3 Å². The number of carbonyl (C=O) groups excluding carboxylic acids is 1. The van der Waals surface area contributed by atoms with E-state index in [1.165, 1.54) is 5.56 Å². The minimum atomic E-state index is 0.112. The number of ether oxygens (including phenoxy) is 2. The van der Waals surface area contributed by atoms with Crippen molar-refractivity contribution in [1.29, 1.82) is 0 Å². The molecule has 4 rings (SSSR count). The van der Waals surface area contributed by atoms with Gasteiger partial charge < -0.3 is 14.4 Å². The highest BCUT2D eigenvalue weighted by Gasteiger charge is 2.17. The van der Waals surface area contributed by atoms with Crippen molar-refractivity contribution in [3.05, 3.63) is 89.2 Å².